The zero-order valence-electron chi connectivity index (χ0n) is 15.7. The van der Waals surface area contributed by atoms with Gasteiger partial charge < -0.3 is 20.1 Å². The Morgan fingerprint density at radius 1 is 1.24 bits per heavy atom. The fraction of sp³-hybridized carbons (Fsp3) is 0.263. The number of aryl methyl sites for hydroxylation is 1. The van der Waals surface area contributed by atoms with Crippen LogP contribution in [0, 0.1) is 17.0 Å². The average Bonchev–Trinajstić information content (AvgIpc) is 2.70. The maximum absolute atomic E-state index is 12.9. The molecule has 29 heavy (non-hydrogen) atoms. The molecule has 0 aliphatic carbocycles. The third-order valence-corrected chi connectivity index (χ3v) is 4.62. The van der Waals surface area contributed by atoms with Crippen molar-refractivity contribution >= 4 is 40.3 Å². The molecule has 152 valence electrons. The Kier molecular flexibility index (Phi) is 6.25. The molecule has 2 aromatic rings. The maximum Gasteiger partial charge on any atom is 0.270 e. The van der Waals surface area contributed by atoms with E-state index in [-0.39, 0.29) is 22.1 Å². The second-order valence-electron chi connectivity index (χ2n) is 6.49. The molecule has 1 aliphatic rings. The fourth-order valence-electron chi connectivity index (χ4n) is 2.97. The molecule has 1 fully saturated rings. The van der Waals surface area contributed by atoms with Crippen LogP contribution in [0.15, 0.2) is 36.4 Å². The van der Waals surface area contributed by atoms with Crippen LogP contribution >= 0.6 is 12.2 Å². The van der Waals surface area contributed by atoms with E-state index in [4.69, 9.17) is 17.0 Å². The van der Waals surface area contributed by atoms with E-state index >= 15 is 0 Å². The minimum Gasteiger partial charge on any atom is -0.506 e. The lowest BCUT2D eigenvalue weighted by Crippen LogP contribution is -2.39. The first-order valence-corrected chi connectivity index (χ1v) is 9.29. The number of benzene rings is 2. The van der Waals surface area contributed by atoms with Crippen molar-refractivity contribution in [2.45, 2.75) is 6.92 Å². The van der Waals surface area contributed by atoms with Crippen LogP contribution in [0.1, 0.15) is 15.9 Å². The van der Waals surface area contributed by atoms with E-state index in [9.17, 15) is 20.0 Å². The molecule has 1 aliphatic heterocycles. The van der Waals surface area contributed by atoms with Crippen molar-refractivity contribution in [2.75, 3.05) is 36.5 Å². The van der Waals surface area contributed by atoms with Gasteiger partial charge in [0.2, 0.25) is 0 Å². The van der Waals surface area contributed by atoms with E-state index in [1.54, 1.807) is 18.2 Å². The van der Waals surface area contributed by atoms with Gasteiger partial charge >= 0.3 is 0 Å². The Labute approximate surface area is 172 Å². The van der Waals surface area contributed by atoms with E-state index in [1.807, 2.05) is 11.8 Å². The molecule has 0 unspecified atom stereocenters. The van der Waals surface area contributed by atoms with Crippen LogP contribution in [0.3, 0.4) is 0 Å². The van der Waals surface area contributed by atoms with Gasteiger partial charge in [-0.1, -0.05) is 6.07 Å². The second kappa shape index (κ2) is 8.84. The van der Waals surface area contributed by atoms with Gasteiger partial charge in [-0.25, -0.2) is 0 Å². The first-order chi connectivity index (χ1) is 13.8. The molecule has 3 rings (SSSR count). The number of nitrogens with zero attached hydrogens (tertiary/aromatic N) is 2. The third kappa shape index (κ3) is 4.98. The van der Waals surface area contributed by atoms with Crippen LogP contribution in [0.5, 0.6) is 5.75 Å². The number of anilines is 2. The van der Waals surface area contributed by atoms with Crippen molar-refractivity contribution in [3.8, 4) is 5.75 Å². The zero-order chi connectivity index (χ0) is 21.0. The first kappa shape index (κ1) is 20.5. The van der Waals surface area contributed by atoms with E-state index < -0.39 is 10.8 Å². The number of phenolic OH excluding ortho intramolecular Hbond substituents is 1. The highest BCUT2D eigenvalue weighted by Gasteiger charge is 2.22. The summed E-state index contributed by atoms with van der Waals surface area (Å²) in [5, 5.41) is 26.4. The Morgan fingerprint density at radius 2 is 1.97 bits per heavy atom. The Balaban J connectivity index is 1.82. The second-order valence-corrected chi connectivity index (χ2v) is 6.90. The molecule has 9 nitrogen and oxygen atoms in total. The number of carbonyl (C=O) groups excluding carboxylic acids is 1. The minimum absolute atomic E-state index is 0.0171. The molecule has 3 N–H and O–H groups in total. The summed E-state index contributed by atoms with van der Waals surface area (Å²) >= 11 is 5.18. The van der Waals surface area contributed by atoms with E-state index in [0.29, 0.717) is 37.7 Å². The molecule has 2 aromatic carbocycles. The van der Waals surface area contributed by atoms with Crippen molar-refractivity contribution in [3.63, 3.8) is 0 Å². The molecule has 0 bridgehead atoms. The number of thiocarbonyl (C=S) groups is 1. The molecule has 1 heterocycles. The van der Waals surface area contributed by atoms with Gasteiger partial charge in [-0.3, -0.25) is 20.2 Å². The third-order valence-electron chi connectivity index (χ3n) is 4.41. The Morgan fingerprint density at radius 3 is 2.66 bits per heavy atom. The Hall–Kier alpha value is -3.24. The number of amides is 1. The van der Waals surface area contributed by atoms with E-state index in [1.165, 1.54) is 18.2 Å². The predicted molar refractivity (Wildman–Crippen MR) is 113 cm³/mol. The topological polar surface area (TPSA) is 117 Å². The molecule has 10 heteroatoms. The lowest BCUT2D eigenvalue weighted by atomic mass is 10.1. The van der Waals surface area contributed by atoms with Gasteiger partial charge in [0.1, 0.15) is 5.75 Å². The molecule has 0 radical (unpaired) electrons. The van der Waals surface area contributed by atoms with Crippen LogP contribution in [0.2, 0.25) is 0 Å². The van der Waals surface area contributed by atoms with Gasteiger partial charge in [0, 0.05) is 25.2 Å². The van der Waals surface area contributed by atoms with Gasteiger partial charge in [0.15, 0.2) is 5.11 Å². The lowest BCUT2D eigenvalue weighted by molar-refractivity contribution is -0.384. The summed E-state index contributed by atoms with van der Waals surface area (Å²) in [5.41, 5.74) is 1.76. The standard InChI is InChI=1S/C19H20N4O5S/c1-12-2-5-17(24)15(10-12)20-19(29)21-18(25)14-11-13(23(26)27)3-4-16(14)22-6-8-28-9-7-22/h2-5,10-11,24H,6-9H2,1H3,(H2,20,21,25,29). The summed E-state index contributed by atoms with van der Waals surface area (Å²) in [6, 6.07) is 9.08. The number of hydrogen-bond donors (Lipinski definition) is 3. The number of rotatable bonds is 4. The summed E-state index contributed by atoms with van der Waals surface area (Å²) in [6.07, 6.45) is 0. The van der Waals surface area contributed by atoms with Crippen LogP contribution in [-0.2, 0) is 4.74 Å². The van der Waals surface area contributed by atoms with Gasteiger partial charge in [0.25, 0.3) is 11.6 Å². The summed E-state index contributed by atoms with van der Waals surface area (Å²) in [5.74, 6) is -0.601. The smallest absolute Gasteiger partial charge is 0.270 e. The summed E-state index contributed by atoms with van der Waals surface area (Å²) < 4.78 is 5.33. The zero-order valence-corrected chi connectivity index (χ0v) is 16.5. The van der Waals surface area contributed by atoms with Gasteiger partial charge in [-0.2, -0.15) is 0 Å². The largest absolute Gasteiger partial charge is 0.506 e. The number of nitrogens with one attached hydrogen (secondary N) is 2. The molecule has 0 spiro atoms. The number of phenols is 1. The highest BCUT2D eigenvalue weighted by Crippen LogP contribution is 2.27. The number of morpholine rings is 1. The molecule has 0 saturated carbocycles. The Bertz CT molecular complexity index is 960. The van der Waals surface area contributed by atoms with Crippen molar-refractivity contribution < 1.29 is 19.6 Å². The molecular formula is C19H20N4O5S. The van der Waals surface area contributed by atoms with Gasteiger partial charge in [-0.15, -0.1) is 0 Å². The van der Waals surface area contributed by atoms with Crippen LogP contribution in [-0.4, -0.2) is 47.4 Å². The fourth-order valence-corrected chi connectivity index (χ4v) is 3.18. The molecule has 0 aromatic heterocycles. The minimum atomic E-state index is -0.583. The molecule has 0 atom stereocenters. The van der Waals surface area contributed by atoms with Crippen LogP contribution < -0.4 is 15.5 Å². The number of carbonyl (C=O) groups is 1. The quantitative estimate of drug-likeness (QED) is 0.301. The number of non-ortho nitro benzene ring substituents is 1. The van der Waals surface area contributed by atoms with Crippen molar-refractivity contribution in [3.05, 3.63) is 57.6 Å². The average molecular weight is 416 g/mol. The highest BCUT2D eigenvalue weighted by molar-refractivity contribution is 7.80. The SMILES string of the molecule is Cc1ccc(O)c(NC(=S)NC(=O)c2cc([N+](=O)[O-])ccc2N2CCOCC2)c1. The highest BCUT2D eigenvalue weighted by atomic mass is 32.1. The summed E-state index contributed by atoms with van der Waals surface area (Å²) in [7, 11) is 0. The lowest BCUT2D eigenvalue weighted by Gasteiger charge is -2.30. The molecule has 1 amide bonds. The number of aromatic hydroxyl groups is 1. The van der Waals surface area contributed by atoms with Gasteiger partial charge in [-0.05, 0) is 42.9 Å². The first-order valence-electron chi connectivity index (χ1n) is 8.88. The normalized spacial score (nSPS) is 13.6. The number of nitro benzene ring substituents is 1. The maximum atomic E-state index is 12.9. The molecular weight excluding hydrogens is 396 g/mol. The summed E-state index contributed by atoms with van der Waals surface area (Å²) in [6.45, 7) is 4.00. The predicted octanol–water partition coefficient (Wildman–Crippen LogP) is 2.57. The van der Waals surface area contributed by atoms with E-state index in [0.717, 1.165) is 5.56 Å². The van der Waals surface area contributed by atoms with E-state index in [2.05, 4.69) is 10.6 Å². The number of nitro groups is 1. The van der Waals surface area contributed by atoms with Crippen molar-refractivity contribution in [2.24, 2.45) is 0 Å². The van der Waals surface area contributed by atoms with Crippen LogP contribution in [0.4, 0.5) is 17.1 Å². The summed E-state index contributed by atoms with van der Waals surface area (Å²) in [4.78, 5) is 25.4. The molecule has 1 saturated heterocycles. The van der Waals surface area contributed by atoms with Crippen LogP contribution in [0.25, 0.3) is 0 Å². The monoisotopic (exact) mass is 416 g/mol. The number of hydrogen-bond acceptors (Lipinski definition) is 7. The van der Waals surface area contributed by atoms with Crippen molar-refractivity contribution in [1.29, 1.82) is 0 Å². The number of ether oxygens (including phenoxy) is 1. The van der Waals surface area contributed by atoms with Gasteiger partial charge in [0.05, 0.1) is 35.1 Å². The van der Waals surface area contributed by atoms with Crippen molar-refractivity contribution in [1.82, 2.24) is 5.32 Å².